The van der Waals surface area contributed by atoms with Gasteiger partial charge in [0.15, 0.2) is 0 Å². The number of pyridine rings is 2. The topological polar surface area (TPSA) is 116 Å². The van der Waals surface area contributed by atoms with Gasteiger partial charge in [0.2, 0.25) is 5.88 Å². The van der Waals surface area contributed by atoms with Crippen molar-refractivity contribution in [3.8, 4) is 17.1 Å². The highest BCUT2D eigenvalue weighted by Crippen LogP contribution is 2.44. The van der Waals surface area contributed by atoms with Crippen LogP contribution >= 0.6 is 0 Å². The molecule has 9 heteroatoms. The largest absolute Gasteiger partial charge is 0.480 e. The van der Waals surface area contributed by atoms with Crippen molar-refractivity contribution in [2.24, 2.45) is 5.73 Å². The molecule has 1 aliphatic rings. The van der Waals surface area contributed by atoms with Crippen molar-refractivity contribution >= 4 is 11.7 Å². The van der Waals surface area contributed by atoms with Crippen LogP contribution in [0.15, 0.2) is 48.8 Å². The number of rotatable bonds is 7. The van der Waals surface area contributed by atoms with Crippen molar-refractivity contribution in [2.45, 2.75) is 24.4 Å². The molecule has 154 valence electrons. The number of carbonyl (C=O) groups is 1. The Morgan fingerprint density at radius 1 is 1.27 bits per heavy atom. The second-order valence-corrected chi connectivity index (χ2v) is 7.30. The number of ether oxygens (including phenoxy) is 1. The Morgan fingerprint density at radius 2 is 2.10 bits per heavy atom. The molecule has 0 unspecified atom stereocenters. The van der Waals surface area contributed by atoms with Crippen LogP contribution in [0.5, 0.6) is 5.88 Å². The number of nitrogens with zero attached hydrogens (tertiary/aromatic N) is 4. The number of nitrogens with two attached hydrogens (primary N) is 1. The van der Waals surface area contributed by atoms with Crippen molar-refractivity contribution in [1.82, 2.24) is 20.2 Å². The lowest BCUT2D eigenvalue weighted by molar-refractivity contribution is 0.0992. The molecule has 1 fully saturated rings. The quantitative estimate of drug-likeness (QED) is 0.617. The number of hydrogen-bond acceptors (Lipinski definition) is 7. The number of alkyl halides is 1. The fraction of sp³-hybridized carbons (Fsp3) is 0.286. The third-order valence-corrected chi connectivity index (χ3v) is 5.31. The number of anilines is 1. The average molecular weight is 408 g/mol. The van der Waals surface area contributed by atoms with Crippen LogP contribution in [-0.2, 0) is 5.41 Å². The Bertz CT molecular complexity index is 1040. The zero-order valence-electron chi connectivity index (χ0n) is 16.4. The first-order chi connectivity index (χ1) is 14.5. The normalized spacial score (nSPS) is 20.3. The molecule has 0 saturated heterocycles. The predicted molar refractivity (Wildman–Crippen MR) is 109 cm³/mol. The number of primary amides is 1. The minimum atomic E-state index is -0.815. The molecule has 0 aromatic carbocycles. The maximum Gasteiger partial charge on any atom is 0.254 e. The van der Waals surface area contributed by atoms with Gasteiger partial charge in [-0.2, -0.15) is 0 Å². The molecule has 8 nitrogen and oxygen atoms in total. The van der Waals surface area contributed by atoms with Crippen molar-refractivity contribution in [3.05, 3.63) is 60.0 Å². The number of nitrogens with one attached hydrogen (secondary N) is 1. The fourth-order valence-electron chi connectivity index (χ4n) is 3.68. The van der Waals surface area contributed by atoms with Crippen LogP contribution in [0.25, 0.3) is 11.3 Å². The summed E-state index contributed by atoms with van der Waals surface area (Å²) in [5.74, 6) is 0.0795. The van der Waals surface area contributed by atoms with E-state index in [0.717, 1.165) is 5.69 Å². The Balaban J connectivity index is 1.49. The summed E-state index contributed by atoms with van der Waals surface area (Å²) in [7, 11) is 1.42. The summed E-state index contributed by atoms with van der Waals surface area (Å²) < 4.78 is 18.7. The first-order valence-corrected chi connectivity index (χ1v) is 9.48. The first-order valence-electron chi connectivity index (χ1n) is 9.48. The van der Waals surface area contributed by atoms with Crippen LogP contribution in [0.4, 0.5) is 10.2 Å². The van der Waals surface area contributed by atoms with Gasteiger partial charge in [-0.3, -0.25) is 9.78 Å². The van der Waals surface area contributed by atoms with E-state index in [1.165, 1.54) is 13.3 Å². The average Bonchev–Trinajstić information content (AvgIpc) is 2.76. The van der Waals surface area contributed by atoms with Gasteiger partial charge in [0.05, 0.1) is 12.8 Å². The second kappa shape index (κ2) is 8.02. The van der Waals surface area contributed by atoms with E-state index in [1.54, 1.807) is 24.4 Å². The Labute approximate surface area is 172 Å². The molecule has 0 radical (unpaired) electrons. The highest BCUT2D eigenvalue weighted by Gasteiger charge is 2.47. The number of halogens is 1. The number of aromatic nitrogens is 4. The van der Waals surface area contributed by atoms with Crippen molar-refractivity contribution in [2.75, 3.05) is 19.0 Å². The summed E-state index contributed by atoms with van der Waals surface area (Å²) in [4.78, 5) is 20.1. The molecule has 3 N–H and O–H groups in total. The van der Waals surface area contributed by atoms with E-state index in [4.69, 9.17) is 10.5 Å². The molecular weight excluding hydrogens is 387 g/mol. The van der Waals surface area contributed by atoms with Crippen molar-refractivity contribution in [3.63, 3.8) is 0 Å². The smallest absolute Gasteiger partial charge is 0.254 e. The van der Waals surface area contributed by atoms with Crippen molar-refractivity contribution < 1.29 is 13.9 Å². The summed E-state index contributed by atoms with van der Waals surface area (Å²) in [6.07, 6.45) is 3.30. The summed E-state index contributed by atoms with van der Waals surface area (Å²) in [6.45, 7) is 0.508. The van der Waals surface area contributed by atoms with E-state index in [1.807, 2.05) is 18.2 Å². The van der Waals surface area contributed by atoms with Gasteiger partial charge in [0.25, 0.3) is 5.91 Å². The van der Waals surface area contributed by atoms with Gasteiger partial charge >= 0.3 is 0 Å². The molecule has 1 saturated carbocycles. The molecule has 1 amide bonds. The van der Waals surface area contributed by atoms with Crippen LogP contribution < -0.4 is 15.8 Å². The van der Waals surface area contributed by atoms with Gasteiger partial charge in [-0.1, -0.05) is 6.07 Å². The van der Waals surface area contributed by atoms with Gasteiger partial charge in [-0.15, -0.1) is 10.2 Å². The molecule has 3 aromatic rings. The molecular formula is C21H21FN6O2. The summed E-state index contributed by atoms with van der Waals surface area (Å²) >= 11 is 0. The highest BCUT2D eigenvalue weighted by atomic mass is 19.1. The molecule has 4 rings (SSSR count). The van der Waals surface area contributed by atoms with E-state index in [2.05, 4.69) is 25.5 Å². The van der Waals surface area contributed by atoms with Crippen LogP contribution in [0.1, 0.15) is 28.9 Å². The fourth-order valence-corrected chi connectivity index (χ4v) is 3.68. The SMILES string of the molecule is COc1ncc(-c2ccc(NCC3(c4ccccn4)CC(F)C3)nn2)cc1C(N)=O. The van der Waals surface area contributed by atoms with E-state index >= 15 is 0 Å². The van der Waals surface area contributed by atoms with Crippen LogP contribution in [0, 0.1) is 0 Å². The third-order valence-electron chi connectivity index (χ3n) is 5.31. The van der Waals surface area contributed by atoms with Gasteiger partial charge in [-0.05, 0) is 43.2 Å². The predicted octanol–water partition coefficient (Wildman–Crippen LogP) is 2.52. The lowest BCUT2D eigenvalue weighted by Gasteiger charge is -2.43. The number of hydrogen-bond donors (Lipinski definition) is 2. The lowest BCUT2D eigenvalue weighted by atomic mass is 9.65. The maximum atomic E-state index is 13.7. The Kier molecular flexibility index (Phi) is 5.26. The maximum absolute atomic E-state index is 13.7. The summed E-state index contributed by atoms with van der Waals surface area (Å²) in [5.41, 5.74) is 7.20. The Morgan fingerprint density at radius 3 is 2.70 bits per heavy atom. The zero-order valence-corrected chi connectivity index (χ0v) is 16.4. The molecule has 3 heterocycles. The summed E-state index contributed by atoms with van der Waals surface area (Å²) in [6, 6.07) is 10.8. The molecule has 0 spiro atoms. The van der Waals surface area contributed by atoms with Crippen LogP contribution in [-0.4, -0.2) is 45.9 Å². The highest BCUT2D eigenvalue weighted by molar-refractivity contribution is 5.96. The number of carbonyl (C=O) groups excluding carboxylic acids is 1. The molecule has 0 aliphatic heterocycles. The molecule has 1 aliphatic carbocycles. The first kappa shape index (κ1) is 19.7. The molecule has 0 bridgehead atoms. The number of methoxy groups -OCH3 is 1. The van der Waals surface area contributed by atoms with E-state index in [-0.39, 0.29) is 16.9 Å². The monoisotopic (exact) mass is 408 g/mol. The third kappa shape index (κ3) is 3.78. The summed E-state index contributed by atoms with van der Waals surface area (Å²) in [5, 5.41) is 11.6. The lowest BCUT2D eigenvalue weighted by Crippen LogP contribution is -2.48. The zero-order chi connectivity index (χ0) is 21.1. The van der Waals surface area contributed by atoms with Gasteiger partial charge in [0.1, 0.15) is 17.6 Å². The molecule has 30 heavy (non-hydrogen) atoms. The van der Waals surface area contributed by atoms with Gasteiger partial charge < -0.3 is 15.8 Å². The Hall–Kier alpha value is -3.62. The minimum Gasteiger partial charge on any atom is -0.480 e. The molecule has 0 atom stereocenters. The van der Waals surface area contributed by atoms with Crippen molar-refractivity contribution in [1.29, 1.82) is 0 Å². The molecule has 3 aromatic heterocycles. The van der Waals surface area contributed by atoms with Crippen LogP contribution in [0.2, 0.25) is 0 Å². The van der Waals surface area contributed by atoms with E-state index < -0.39 is 12.1 Å². The van der Waals surface area contributed by atoms with Gasteiger partial charge in [0, 0.05) is 35.6 Å². The minimum absolute atomic E-state index is 0.156. The van der Waals surface area contributed by atoms with E-state index in [0.29, 0.717) is 36.5 Å². The second-order valence-electron chi connectivity index (χ2n) is 7.30. The van der Waals surface area contributed by atoms with E-state index in [9.17, 15) is 9.18 Å². The number of amides is 1. The van der Waals surface area contributed by atoms with Gasteiger partial charge in [-0.25, -0.2) is 9.37 Å². The van der Waals surface area contributed by atoms with Crippen LogP contribution in [0.3, 0.4) is 0 Å². The standard InChI is InChI=1S/C21H21FN6O2/c1-30-20-15(19(23)29)8-13(11-25-20)16-5-6-18(28-27-16)26-12-21(9-14(22)10-21)17-4-2-3-7-24-17/h2-8,11,14H,9-10,12H2,1H3,(H2,23,29)(H,26,28).